The maximum absolute atomic E-state index is 11.4. The highest BCUT2D eigenvalue weighted by Gasteiger charge is 2.28. The number of benzene rings is 2. The first-order valence-corrected chi connectivity index (χ1v) is 5.77. The Labute approximate surface area is 115 Å². The molecular weight excluding hydrogens is 260 g/mol. The summed E-state index contributed by atoms with van der Waals surface area (Å²) in [5.41, 5.74) is 0.484. The number of carbonyl (C=O) groups is 2. The minimum absolute atomic E-state index is 0.242. The van der Waals surface area contributed by atoms with E-state index in [1.165, 1.54) is 24.3 Å². The Balaban J connectivity index is 2.50. The van der Waals surface area contributed by atoms with Crippen molar-refractivity contribution in [1.82, 2.24) is 0 Å². The number of anilines is 2. The minimum Gasteiger partial charge on any atom is -0.463 e. The Morgan fingerprint density at radius 3 is 1.20 bits per heavy atom. The molecule has 2 amide bonds. The van der Waals surface area contributed by atoms with E-state index in [4.69, 9.17) is 0 Å². The predicted octanol–water partition coefficient (Wildman–Crippen LogP) is 3.27. The van der Waals surface area contributed by atoms with E-state index in [2.05, 4.69) is 0 Å². The van der Waals surface area contributed by atoms with Gasteiger partial charge < -0.3 is 10.2 Å². The van der Waals surface area contributed by atoms with E-state index < -0.39 is 12.2 Å². The number of rotatable bonds is 2. The molecule has 0 aromatic heterocycles. The summed E-state index contributed by atoms with van der Waals surface area (Å²) in [4.78, 5) is 22.9. The molecule has 2 aromatic rings. The zero-order valence-corrected chi connectivity index (χ0v) is 10.4. The molecule has 0 spiro atoms. The average Bonchev–Trinajstić information content (AvgIpc) is 2.45. The fourth-order valence-corrected chi connectivity index (χ4v) is 1.76. The van der Waals surface area contributed by atoms with Crippen LogP contribution in [0.5, 0.6) is 0 Å². The van der Waals surface area contributed by atoms with E-state index in [1.54, 1.807) is 36.4 Å². The summed E-state index contributed by atoms with van der Waals surface area (Å²) in [5, 5.41) is 20.0. The van der Waals surface area contributed by atoms with Gasteiger partial charge in [0.15, 0.2) is 0 Å². The van der Waals surface area contributed by atoms with Crippen molar-refractivity contribution >= 4 is 23.6 Å². The smallest absolute Gasteiger partial charge is 0.431 e. The third-order valence-electron chi connectivity index (χ3n) is 2.56. The van der Waals surface area contributed by atoms with Crippen LogP contribution in [-0.4, -0.2) is 22.4 Å². The van der Waals surface area contributed by atoms with Crippen LogP contribution in [0.3, 0.4) is 0 Å². The van der Waals surface area contributed by atoms with Crippen molar-refractivity contribution in [3.05, 3.63) is 60.7 Å². The number of nitrogens with zero attached hydrogens (tertiary/aromatic N) is 2. The second-order valence-corrected chi connectivity index (χ2v) is 3.86. The zero-order valence-electron chi connectivity index (χ0n) is 10.4. The van der Waals surface area contributed by atoms with Crippen LogP contribution >= 0.6 is 0 Å². The maximum Gasteiger partial charge on any atom is 0.431 e. The van der Waals surface area contributed by atoms with Crippen molar-refractivity contribution < 1.29 is 19.8 Å². The molecule has 0 saturated carbocycles. The summed E-state index contributed by atoms with van der Waals surface area (Å²) in [6, 6.07) is 16.1. The van der Waals surface area contributed by atoms with E-state index in [0.717, 1.165) is 0 Å². The van der Waals surface area contributed by atoms with E-state index in [0.29, 0.717) is 10.0 Å². The van der Waals surface area contributed by atoms with Gasteiger partial charge in [0.1, 0.15) is 0 Å². The molecule has 2 N–H and O–H groups in total. The topological polar surface area (TPSA) is 81.1 Å². The largest absolute Gasteiger partial charge is 0.463 e. The van der Waals surface area contributed by atoms with Crippen LogP contribution in [-0.2, 0) is 0 Å². The summed E-state index contributed by atoms with van der Waals surface area (Å²) >= 11 is 0. The number of hydrogen-bond donors (Lipinski definition) is 2. The molecule has 0 aliphatic heterocycles. The van der Waals surface area contributed by atoms with E-state index in [1.807, 2.05) is 0 Å². The van der Waals surface area contributed by atoms with Crippen LogP contribution in [0.4, 0.5) is 21.0 Å². The first kappa shape index (κ1) is 13.4. The van der Waals surface area contributed by atoms with E-state index >= 15 is 0 Å². The van der Waals surface area contributed by atoms with Crippen molar-refractivity contribution in [1.29, 1.82) is 0 Å². The van der Waals surface area contributed by atoms with Crippen LogP contribution in [0.15, 0.2) is 60.7 Å². The van der Waals surface area contributed by atoms with Gasteiger partial charge in [-0.2, -0.15) is 10.0 Å². The van der Waals surface area contributed by atoms with Crippen LogP contribution < -0.4 is 10.0 Å². The summed E-state index contributed by atoms with van der Waals surface area (Å²) in [6.45, 7) is 0. The Bertz CT molecular complexity index is 546. The molecule has 0 saturated heterocycles. The minimum atomic E-state index is -1.39. The molecule has 0 bridgehead atoms. The van der Waals surface area contributed by atoms with Crippen LogP contribution in [0, 0.1) is 0 Å². The molecule has 102 valence electrons. The lowest BCUT2D eigenvalue weighted by Gasteiger charge is -2.30. The molecule has 6 heteroatoms. The lowest BCUT2D eigenvalue weighted by atomic mass is 10.3. The normalized spacial score (nSPS) is 9.80. The van der Waals surface area contributed by atoms with Crippen molar-refractivity contribution in [3.63, 3.8) is 0 Å². The number of amides is 2. The van der Waals surface area contributed by atoms with Crippen molar-refractivity contribution in [2.45, 2.75) is 0 Å². The van der Waals surface area contributed by atoms with Crippen molar-refractivity contribution in [2.24, 2.45) is 0 Å². The van der Waals surface area contributed by atoms with E-state index in [-0.39, 0.29) is 11.4 Å². The summed E-state index contributed by atoms with van der Waals surface area (Å²) < 4.78 is 0. The summed E-state index contributed by atoms with van der Waals surface area (Å²) in [6.07, 6.45) is -2.77. The van der Waals surface area contributed by atoms with Gasteiger partial charge in [-0.05, 0) is 24.3 Å². The first-order valence-electron chi connectivity index (χ1n) is 5.77. The lowest BCUT2D eigenvalue weighted by Crippen LogP contribution is -2.49. The monoisotopic (exact) mass is 272 g/mol. The van der Waals surface area contributed by atoms with Crippen LogP contribution in [0.2, 0.25) is 0 Å². The molecule has 20 heavy (non-hydrogen) atoms. The Hall–Kier alpha value is -3.02. The van der Waals surface area contributed by atoms with Crippen LogP contribution in [0.1, 0.15) is 0 Å². The highest BCUT2D eigenvalue weighted by molar-refractivity contribution is 6.00. The third kappa shape index (κ3) is 2.69. The molecule has 0 unspecified atom stereocenters. The molecule has 2 aromatic carbocycles. The average molecular weight is 272 g/mol. The summed E-state index contributed by atoms with van der Waals surface area (Å²) in [7, 11) is 0. The Morgan fingerprint density at radius 1 is 0.650 bits per heavy atom. The van der Waals surface area contributed by atoms with Crippen molar-refractivity contribution in [3.8, 4) is 0 Å². The van der Waals surface area contributed by atoms with Crippen molar-refractivity contribution in [2.75, 3.05) is 10.0 Å². The number of para-hydroxylation sites is 2. The Kier molecular flexibility index (Phi) is 3.85. The van der Waals surface area contributed by atoms with Gasteiger partial charge in [0, 0.05) is 0 Å². The highest BCUT2D eigenvalue weighted by atomic mass is 16.4. The van der Waals surface area contributed by atoms with Gasteiger partial charge in [0.2, 0.25) is 0 Å². The second-order valence-electron chi connectivity index (χ2n) is 3.86. The molecule has 0 heterocycles. The molecule has 0 radical (unpaired) electrons. The SMILES string of the molecule is O=C(O)N(c1ccccc1)N(C(=O)O)c1ccccc1. The molecule has 6 nitrogen and oxygen atoms in total. The molecule has 0 aliphatic rings. The molecule has 2 rings (SSSR count). The highest BCUT2D eigenvalue weighted by Crippen LogP contribution is 2.22. The fourth-order valence-electron chi connectivity index (χ4n) is 1.76. The number of hydrazine groups is 1. The Morgan fingerprint density at radius 2 is 0.950 bits per heavy atom. The molecule has 0 atom stereocenters. The van der Waals surface area contributed by atoms with Gasteiger partial charge in [0.05, 0.1) is 11.4 Å². The maximum atomic E-state index is 11.4. The summed E-state index contributed by atoms with van der Waals surface area (Å²) in [5.74, 6) is 0. The quantitative estimate of drug-likeness (QED) is 0.822. The van der Waals surface area contributed by atoms with Gasteiger partial charge in [-0.3, -0.25) is 0 Å². The predicted molar refractivity (Wildman–Crippen MR) is 73.9 cm³/mol. The van der Waals surface area contributed by atoms with Crippen LogP contribution in [0.25, 0.3) is 0 Å². The van der Waals surface area contributed by atoms with Gasteiger partial charge >= 0.3 is 12.2 Å². The molecular formula is C14H12N2O4. The van der Waals surface area contributed by atoms with Gasteiger partial charge in [0.25, 0.3) is 0 Å². The first-order chi connectivity index (χ1) is 9.61. The van der Waals surface area contributed by atoms with E-state index in [9.17, 15) is 19.8 Å². The standard InChI is InChI=1S/C14H12N2O4/c17-13(18)15(11-7-3-1-4-8-11)16(14(19)20)12-9-5-2-6-10-12/h1-10H,(H,17,18)(H,19,20). The number of carboxylic acid groups (broad SMARTS) is 2. The third-order valence-corrected chi connectivity index (χ3v) is 2.56. The fraction of sp³-hybridized carbons (Fsp3) is 0. The lowest BCUT2D eigenvalue weighted by molar-refractivity contribution is 0.188. The molecule has 0 fully saturated rings. The second kappa shape index (κ2) is 5.75. The van der Waals surface area contributed by atoms with Gasteiger partial charge in [-0.25, -0.2) is 9.59 Å². The number of hydrogen-bond acceptors (Lipinski definition) is 2. The molecule has 0 aliphatic carbocycles. The van der Waals surface area contributed by atoms with Gasteiger partial charge in [-0.15, -0.1) is 0 Å². The van der Waals surface area contributed by atoms with Gasteiger partial charge in [-0.1, -0.05) is 36.4 Å². The zero-order chi connectivity index (χ0) is 14.5.